The number of aromatic nitrogens is 1. The van der Waals surface area contributed by atoms with E-state index in [0.29, 0.717) is 24.8 Å². The number of piperidine rings is 1. The van der Waals surface area contributed by atoms with E-state index in [9.17, 15) is 4.79 Å². The maximum atomic E-state index is 12.2. The Kier molecular flexibility index (Phi) is 6.62. The topological polar surface area (TPSA) is 54.0 Å². The number of thiophene rings is 1. The minimum absolute atomic E-state index is 0.193. The fourth-order valence-electron chi connectivity index (χ4n) is 3.40. The van der Waals surface area contributed by atoms with Gasteiger partial charge in [0.25, 0.3) is 0 Å². The maximum absolute atomic E-state index is 12.2. The molecule has 2 aromatic rings. The molecule has 0 aromatic carbocycles. The van der Waals surface area contributed by atoms with Gasteiger partial charge in [-0.2, -0.15) is 0 Å². The van der Waals surface area contributed by atoms with E-state index >= 15 is 0 Å². The highest BCUT2D eigenvalue weighted by molar-refractivity contribution is 7.16. The summed E-state index contributed by atoms with van der Waals surface area (Å²) >= 11 is 3.46. The number of carbonyl (C=O) groups is 1. The second-order valence-electron chi connectivity index (χ2n) is 6.89. The smallest absolute Gasteiger partial charge is 0.220 e. The number of nitrogens with one attached hydrogen (secondary N) is 2. The number of rotatable bonds is 7. The lowest BCUT2D eigenvalue weighted by Gasteiger charge is -2.27. The Hall–Kier alpha value is -1.24. The number of hydrogen-bond donors (Lipinski definition) is 2. The van der Waals surface area contributed by atoms with E-state index in [1.165, 1.54) is 22.6 Å². The van der Waals surface area contributed by atoms with Gasteiger partial charge in [0.05, 0.1) is 15.6 Å². The van der Waals surface area contributed by atoms with E-state index < -0.39 is 0 Å². The molecule has 1 aliphatic rings. The first kappa shape index (κ1) is 18.5. The summed E-state index contributed by atoms with van der Waals surface area (Å²) in [5.41, 5.74) is 1.07. The summed E-state index contributed by atoms with van der Waals surface area (Å²) in [6.45, 7) is 7.15. The van der Waals surface area contributed by atoms with Gasteiger partial charge in [0.1, 0.15) is 0 Å². The van der Waals surface area contributed by atoms with Gasteiger partial charge in [-0.1, -0.05) is 6.92 Å². The molecule has 3 heterocycles. The lowest BCUT2D eigenvalue weighted by atomic mass is 9.84. The fourth-order valence-corrected chi connectivity index (χ4v) is 5.05. The van der Waals surface area contributed by atoms with Gasteiger partial charge in [0.2, 0.25) is 5.91 Å². The van der Waals surface area contributed by atoms with Crippen LogP contribution >= 0.6 is 22.7 Å². The molecule has 1 amide bonds. The van der Waals surface area contributed by atoms with Crippen molar-refractivity contribution in [3.63, 3.8) is 0 Å². The van der Waals surface area contributed by atoms with Crippen LogP contribution in [0, 0.1) is 18.8 Å². The summed E-state index contributed by atoms with van der Waals surface area (Å²) < 4.78 is 0. The molecule has 1 atom stereocenters. The van der Waals surface area contributed by atoms with Gasteiger partial charge in [-0.3, -0.25) is 4.79 Å². The Morgan fingerprint density at radius 3 is 2.92 bits per heavy atom. The lowest BCUT2D eigenvalue weighted by molar-refractivity contribution is -0.122. The molecule has 2 N–H and O–H groups in total. The van der Waals surface area contributed by atoms with Crippen molar-refractivity contribution in [1.29, 1.82) is 0 Å². The predicted octanol–water partition coefficient (Wildman–Crippen LogP) is 3.86. The van der Waals surface area contributed by atoms with Crippen LogP contribution in [0.15, 0.2) is 17.5 Å². The van der Waals surface area contributed by atoms with Crippen molar-refractivity contribution in [3.8, 4) is 10.6 Å². The highest BCUT2D eigenvalue weighted by Gasteiger charge is 2.21. The molecule has 0 saturated carbocycles. The quantitative estimate of drug-likeness (QED) is 0.770. The Balaban J connectivity index is 1.40. The number of aryl methyl sites for hydroxylation is 1. The van der Waals surface area contributed by atoms with Crippen molar-refractivity contribution in [1.82, 2.24) is 15.6 Å². The summed E-state index contributed by atoms with van der Waals surface area (Å²) in [5.74, 6) is 1.36. The molecule has 6 heteroatoms. The third kappa shape index (κ3) is 5.36. The van der Waals surface area contributed by atoms with Gasteiger partial charge < -0.3 is 10.6 Å². The lowest BCUT2D eigenvalue weighted by Crippen LogP contribution is -2.33. The number of amides is 1. The minimum Gasteiger partial charge on any atom is -0.356 e. The third-order valence-electron chi connectivity index (χ3n) is 4.92. The van der Waals surface area contributed by atoms with Gasteiger partial charge in [-0.05, 0) is 63.2 Å². The molecule has 4 nitrogen and oxygen atoms in total. The molecule has 3 rings (SSSR count). The maximum Gasteiger partial charge on any atom is 0.220 e. The van der Waals surface area contributed by atoms with Crippen LogP contribution < -0.4 is 10.6 Å². The highest BCUT2D eigenvalue weighted by Crippen LogP contribution is 2.29. The Labute approximate surface area is 158 Å². The number of thiazole rings is 1. The van der Waals surface area contributed by atoms with Crippen LogP contribution in [-0.4, -0.2) is 30.5 Å². The summed E-state index contributed by atoms with van der Waals surface area (Å²) in [6, 6.07) is 4.29. The number of carbonyl (C=O) groups excluding carboxylic acids is 1. The molecule has 0 spiro atoms. The van der Waals surface area contributed by atoms with E-state index in [4.69, 9.17) is 0 Å². The van der Waals surface area contributed by atoms with E-state index in [0.717, 1.165) is 30.2 Å². The average molecular weight is 378 g/mol. The van der Waals surface area contributed by atoms with Crippen molar-refractivity contribution in [3.05, 3.63) is 27.4 Å². The second kappa shape index (κ2) is 8.92. The number of hydrogen-bond acceptors (Lipinski definition) is 5. The average Bonchev–Trinajstić information content (AvgIpc) is 3.24. The molecule has 1 aliphatic heterocycles. The molecular weight excluding hydrogens is 350 g/mol. The molecule has 1 unspecified atom stereocenters. The first-order valence-electron chi connectivity index (χ1n) is 9.10. The summed E-state index contributed by atoms with van der Waals surface area (Å²) in [6.07, 6.45) is 3.94. The first-order chi connectivity index (χ1) is 12.1. The molecular formula is C19H27N3OS2. The van der Waals surface area contributed by atoms with Gasteiger partial charge in [-0.25, -0.2) is 4.98 Å². The standard InChI is InChI=1S/C19H27N3OS2/c1-13(15-5-8-20-9-6-15)11-19(23)21-10-7-16-3-4-18(25-16)17-12-24-14(2)22-17/h3-4,12-13,15,20H,5-11H2,1-2H3,(H,21,23). The van der Waals surface area contributed by atoms with Crippen molar-refractivity contribution in [2.75, 3.05) is 19.6 Å². The van der Waals surface area contributed by atoms with Crippen LogP contribution in [0.25, 0.3) is 10.6 Å². The SMILES string of the molecule is Cc1nc(-c2ccc(CCNC(=O)CC(C)C3CCNCC3)s2)cs1. The summed E-state index contributed by atoms with van der Waals surface area (Å²) in [4.78, 5) is 19.2. The number of nitrogens with zero attached hydrogens (tertiary/aromatic N) is 1. The van der Waals surface area contributed by atoms with Crippen LogP contribution in [-0.2, 0) is 11.2 Å². The summed E-state index contributed by atoms with van der Waals surface area (Å²) in [7, 11) is 0. The molecule has 2 aromatic heterocycles. The third-order valence-corrected chi connectivity index (χ3v) is 6.86. The molecule has 136 valence electrons. The van der Waals surface area contributed by atoms with Gasteiger partial charge in [0, 0.05) is 23.2 Å². The second-order valence-corrected chi connectivity index (χ2v) is 9.12. The monoisotopic (exact) mass is 377 g/mol. The molecule has 0 aliphatic carbocycles. The zero-order valence-electron chi connectivity index (χ0n) is 15.0. The van der Waals surface area contributed by atoms with Crippen molar-refractivity contribution >= 4 is 28.6 Å². The Morgan fingerprint density at radius 2 is 2.20 bits per heavy atom. The van der Waals surface area contributed by atoms with Crippen LogP contribution in [0.4, 0.5) is 0 Å². The largest absolute Gasteiger partial charge is 0.356 e. The summed E-state index contributed by atoms with van der Waals surface area (Å²) in [5, 5.41) is 9.68. The zero-order chi connectivity index (χ0) is 17.6. The first-order valence-corrected chi connectivity index (χ1v) is 10.8. The Morgan fingerprint density at radius 1 is 1.40 bits per heavy atom. The highest BCUT2D eigenvalue weighted by atomic mass is 32.1. The van der Waals surface area contributed by atoms with Crippen LogP contribution in [0.1, 0.15) is 36.1 Å². The Bertz CT molecular complexity index is 688. The van der Waals surface area contributed by atoms with Gasteiger partial charge in [0.15, 0.2) is 0 Å². The minimum atomic E-state index is 0.193. The van der Waals surface area contributed by atoms with Gasteiger partial charge >= 0.3 is 0 Å². The molecule has 1 saturated heterocycles. The van der Waals surface area contributed by atoms with Crippen LogP contribution in [0.3, 0.4) is 0 Å². The van der Waals surface area contributed by atoms with Crippen molar-refractivity contribution in [2.24, 2.45) is 11.8 Å². The van der Waals surface area contributed by atoms with Gasteiger partial charge in [-0.15, -0.1) is 22.7 Å². The molecule has 0 bridgehead atoms. The van der Waals surface area contributed by atoms with Crippen LogP contribution in [0.2, 0.25) is 0 Å². The predicted molar refractivity (Wildman–Crippen MR) is 106 cm³/mol. The van der Waals surface area contributed by atoms with E-state index in [2.05, 4.69) is 40.1 Å². The van der Waals surface area contributed by atoms with Crippen molar-refractivity contribution in [2.45, 2.75) is 39.5 Å². The zero-order valence-corrected chi connectivity index (χ0v) is 16.6. The molecule has 1 fully saturated rings. The van der Waals surface area contributed by atoms with Crippen LogP contribution in [0.5, 0.6) is 0 Å². The van der Waals surface area contributed by atoms with Crippen molar-refractivity contribution < 1.29 is 4.79 Å². The normalized spacial score (nSPS) is 16.7. The van der Waals surface area contributed by atoms with E-state index in [-0.39, 0.29) is 5.91 Å². The fraction of sp³-hybridized carbons (Fsp3) is 0.579. The molecule has 0 radical (unpaired) electrons. The van der Waals surface area contributed by atoms with E-state index in [1.807, 2.05) is 6.92 Å². The van der Waals surface area contributed by atoms with E-state index in [1.54, 1.807) is 22.7 Å². The molecule has 25 heavy (non-hydrogen) atoms.